The molecule has 1 saturated heterocycles. The molecule has 0 aromatic carbocycles. The second-order valence-corrected chi connectivity index (χ2v) is 5.80. The Balaban J connectivity index is 1.67. The minimum atomic E-state index is 0.811. The fourth-order valence-electron chi connectivity index (χ4n) is 2.56. The first-order chi connectivity index (χ1) is 6.37. The van der Waals surface area contributed by atoms with E-state index in [4.69, 9.17) is 0 Å². The summed E-state index contributed by atoms with van der Waals surface area (Å²) in [5.41, 5.74) is 0.811. The SMILES string of the molecule is CCCNCC1CC12CCSCC2. The van der Waals surface area contributed by atoms with Gasteiger partial charge < -0.3 is 5.32 Å². The molecule has 0 aromatic heterocycles. The van der Waals surface area contributed by atoms with Gasteiger partial charge in [0.25, 0.3) is 0 Å². The molecule has 1 nitrogen and oxygen atoms in total. The van der Waals surface area contributed by atoms with Crippen LogP contribution < -0.4 is 5.32 Å². The lowest BCUT2D eigenvalue weighted by molar-refractivity contribution is 0.408. The van der Waals surface area contributed by atoms with Crippen LogP contribution in [-0.4, -0.2) is 24.6 Å². The summed E-state index contributed by atoms with van der Waals surface area (Å²) in [6, 6.07) is 0. The number of thioether (sulfide) groups is 1. The van der Waals surface area contributed by atoms with E-state index in [1.165, 1.54) is 50.3 Å². The van der Waals surface area contributed by atoms with Gasteiger partial charge in [0.2, 0.25) is 0 Å². The van der Waals surface area contributed by atoms with Gasteiger partial charge in [-0.25, -0.2) is 0 Å². The van der Waals surface area contributed by atoms with E-state index >= 15 is 0 Å². The summed E-state index contributed by atoms with van der Waals surface area (Å²) in [5, 5.41) is 3.56. The van der Waals surface area contributed by atoms with Gasteiger partial charge in [0.05, 0.1) is 0 Å². The zero-order chi connectivity index (χ0) is 9.15. The Morgan fingerprint density at radius 1 is 1.38 bits per heavy atom. The molecule has 1 aliphatic carbocycles. The van der Waals surface area contributed by atoms with Gasteiger partial charge in [-0.1, -0.05) is 6.92 Å². The summed E-state index contributed by atoms with van der Waals surface area (Å²) in [5.74, 6) is 3.87. The maximum Gasteiger partial charge on any atom is -0.00150 e. The average Bonchev–Trinajstić information content (AvgIpc) is 2.80. The van der Waals surface area contributed by atoms with Gasteiger partial charge in [-0.15, -0.1) is 0 Å². The molecular weight excluding hydrogens is 178 g/mol. The predicted molar refractivity (Wildman–Crippen MR) is 60.3 cm³/mol. The molecule has 2 rings (SSSR count). The largest absolute Gasteiger partial charge is 0.316 e. The van der Waals surface area contributed by atoms with E-state index in [1.54, 1.807) is 0 Å². The first-order valence-corrected chi connectivity index (χ1v) is 6.81. The van der Waals surface area contributed by atoms with E-state index < -0.39 is 0 Å². The lowest BCUT2D eigenvalue weighted by atomic mass is 9.96. The third-order valence-corrected chi connectivity index (χ3v) is 4.65. The van der Waals surface area contributed by atoms with Crippen molar-refractivity contribution in [1.29, 1.82) is 0 Å². The van der Waals surface area contributed by atoms with Crippen molar-refractivity contribution in [2.24, 2.45) is 11.3 Å². The van der Waals surface area contributed by atoms with Crippen LogP contribution in [0.3, 0.4) is 0 Å². The van der Waals surface area contributed by atoms with Crippen LogP contribution in [0.4, 0.5) is 0 Å². The van der Waals surface area contributed by atoms with E-state index in [1.807, 2.05) is 0 Å². The molecule has 1 atom stereocenters. The highest BCUT2D eigenvalue weighted by Crippen LogP contribution is 2.60. The Morgan fingerprint density at radius 2 is 2.15 bits per heavy atom. The fraction of sp³-hybridized carbons (Fsp3) is 1.00. The van der Waals surface area contributed by atoms with Gasteiger partial charge in [-0.2, -0.15) is 11.8 Å². The maximum atomic E-state index is 3.56. The van der Waals surface area contributed by atoms with Gasteiger partial charge in [0.1, 0.15) is 0 Å². The highest BCUT2D eigenvalue weighted by atomic mass is 32.2. The maximum absolute atomic E-state index is 3.56. The summed E-state index contributed by atoms with van der Waals surface area (Å²) >= 11 is 2.15. The smallest absolute Gasteiger partial charge is 0.00150 e. The second-order valence-electron chi connectivity index (χ2n) is 4.58. The highest BCUT2D eigenvalue weighted by Gasteiger charge is 2.53. The molecular formula is C11H21NS. The molecule has 0 aromatic rings. The van der Waals surface area contributed by atoms with Crippen molar-refractivity contribution in [1.82, 2.24) is 5.32 Å². The van der Waals surface area contributed by atoms with E-state index in [0.717, 1.165) is 11.3 Å². The summed E-state index contributed by atoms with van der Waals surface area (Å²) < 4.78 is 0. The Morgan fingerprint density at radius 3 is 2.85 bits per heavy atom. The molecule has 2 heteroatoms. The summed E-state index contributed by atoms with van der Waals surface area (Å²) in [6.07, 6.45) is 5.78. The van der Waals surface area contributed by atoms with Crippen LogP contribution in [0.15, 0.2) is 0 Å². The zero-order valence-electron chi connectivity index (χ0n) is 8.64. The predicted octanol–water partition coefficient (Wildman–Crippen LogP) is 2.52. The van der Waals surface area contributed by atoms with Gasteiger partial charge in [0.15, 0.2) is 0 Å². The van der Waals surface area contributed by atoms with E-state index in [2.05, 4.69) is 24.0 Å². The molecule has 1 heterocycles. The molecule has 1 unspecified atom stereocenters. The van der Waals surface area contributed by atoms with Crippen LogP contribution in [0.25, 0.3) is 0 Å². The van der Waals surface area contributed by atoms with Crippen LogP contribution in [0.2, 0.25) is 0 Å². The van der Waals surface area contributed by atoms with Crippen molar-refractivity contribution in [3.63, 3.8) is 0 Å². The lowest BCUT2D eigenvalue weighted by Gasteiger charge is -2.22. The number of rotatable bonds is 4. The zero-order valence-corrected chi connectivity index (χ0v) is 9.46. The topological polar surface area (TPSA) is 12.0 Å². The fourth-order valence-corrected chi connectivity index (χ4v) is 3.87. The Labute approximate surface area is 86.0 Å². The Kier molecular flexibility index (Phi) is 3.20. The molecule has 1 saturated carbocycles. The van der Waals surface area contributed by atoms with Crippen molar-refractivity contribution >= 4 is 11.8 Å². The highest BCUT2D eigenvalue weighted by molar-refractivity contribution is 7.99. The van der Waals surface area contributed by atoms with Gasteiger partial charge in [-0.3, -0.25) is 0 Å². The Hall–Kier alpha value is 0.310. The van der Waals surface area contributed by atoms with Crippen LogP contribution in [-0.2, 0) is 0 Å². The van der Waals surface area contributed by atoms with Crippen LogP contribution in [0.1, 0.15) is 32.6 Å². The third-order valence-electron chi connectivity index (χ3n) is 3.66. The first-order valence-electron chi connectivity index (χ1n) is 5.66. The van der Waals surface area contributed by atoms with Crippen molar-refractivity contribution in [3.05, 3.63) is 0 Å². The van der Waals surface area contributed by atoms with E-state index in [0.29, 0.717) is 0 Å². The van der Waals surface area contributed by atoms with Crippen LogP contribution in [0.5, 0.6) is 0 Å². The van der Waals surface area contributed by atoms with Gasteiger partial charge in [0, 0.05) is 0 Å². The molecule has 0 radical (unpaired) electrons. The average molecular weight is 199 g/mol. The number of hydrogen-bond acceptors (Lipinski definition) is 2. The van der Waals surface area contributed by atoms with Crippen LogP contribution >= 0.6 is 11.8 Å². The third kappa shape index (κ3) is 2.21. The minimum absolute atomic E-state index is 0.811. The van der Waals surface area contributed by atoms with Gasteiger partial charge in [-0.05, 0) is 61.6 Å². The first kappa shape index (κ1) is 9.85. The second kappa shape index (κ2) is 4.22. The van der Waals surface area contributed by atoms with Crippen molar-refractivity contribution in [2.75, 3.05) is 24.6 Å². The van der Waals surface area contributed by atoms with Crippen molar-refractivity contribution in [2.45, 2.75) is 32.6 Å². The molecule has 76 valence electrons. The number of nitrogens with one attached hydrogen (secondary N) is 1. The molecule has 1 spiro atoms. The van der Waals surface area contributed by atoms with E-state index in [-0.39, 0.29) is 0 Å². The van der Waals surface area contributed by atoms with Crippen molar-refractivity contribution in [3.8, 4) is 0 Å². The van der Waals surface area contributed by atoms with Crippen LogP contribution in [0, 0.1) is 11.3 Å². The lowest BCUT2D eigenvalue weighted by Crippen LogP contribution is -2.22. The molecule has 2 aliphatic rings. The summed E-state index contributed by atoms with van der Waals surface area (Å²) in [6.45, 7) is 4.74. The Bertz CT molecular complexity index is 163. The molecule has 0 bridgehead atoms. The molecule has 0 amide bonds. The normalized spacial score (nSPS) is 30.7. The van der Waals surface area contributed by atoms with E-state index in [9.17, 15) is 0 Å². The molecule has 13 heavy (non-hydrogen) atoms. The summed E-state index contributed by atoms with van der Waals surface area (Å²) in [7, 11) is 0. The minimum Gasteiger partial charge on any atom is -0.316 e. The molecule has 1 aliphatic heterocycles. The standard InChI is InChI=1S/C11H21NS/c1-2-5-12-9-10-8-11(10)3-6-13-7-4-11/h10,12H,2-9H2,1H3. The van der Waals surface area contributed by atoms with Gasteiger partial charge >= 0.3 is 0 Å². The monoisotopic (exact) mass is 199 g/mol. The molecule has 1 N–H and O–H groups in total. The molecule has 2 fully saturated rings. The number of hydrogen-bond donors (Lipinski definition) is 1. The quantitative estimate of drug-likeness (QED) is 0.698. The van der Waals surface area contributed by atoms with Crippen molar-refractivity contribution < 1.29 is 0 Å². The summed E-state index contributed by atoms with van der Waals surface area (Å²) in [4.78, 5) is 0.